The molecule has 0 bridgehead atoms. The molecule has 4 heteroatoms. The van der Waals surface area contributed by atoms with Gasteiger partial charge >= 0.3 is 0 Å². The van der Waals surface area contributed by atoms with E-state index in [1.165, 1.54) is 12.8 Å². The maximum Gasteiger partial charge on any atom is 0.153 e. The van der Waals surface area contributed by atoms with Crippen molar-refractivity contribution in [1.82, 2.24) is 15.2 Å². The molecule has 0 spiro atoms. The molecule has 0 radical (unpaired) electrons. The molecule has 0 amide bonds. The highest BCUT2D eigenvalue weighted by molar-refractivity contribution is 5.05. The summed E-state index contributed by atoms with van der Waals surface area (Å²) in [5.74, 6) is 3.87. The number of hydrogen-bond acceptors (Lipinski definition) is 3. The largest absolute Gasteiger partial charge is 0.330 e. The monoisotopic (exact) mass is 222 g/mol. The molecule has 1 saturated carbocycles. The Bertz CT molecular complexity index is 328. The third kappa shape index (κ3) is 3.04. The van der Waals surface area contributed by atoms with Gasteiger partial charge in [-0.05, 0) is 37.6 Å². The molecule has 1 aromatic rings. The lowest BCUT2D eigenvalue weighted by Gasteiger charge is -2.15. The van der Waals surface area contributed by atoms with Crippen molar-refractivity contribution in [3.8, 4) is 0 Å². The van der Waals surface area contributed by atoms with E-state index in [0.717, 1.165) is 31.0 Å². The molecule has 16 heavy (non-hydrogen) atoms. The van der Waals surface area contributed by atoms with Crippen LogP contribution in [0.1, 0.15) is 50.7 Å². The molecule has 0 aliphatic heterocycles. The molecular formula is C12H22N4. The molecule has 0 unspecified atom stereocenters. The molecule has 1 heterocycles. The molecule has 4 nitrogen and oxygen atoms in total. The molecule has 0 saturated heterocycles. The lowest BCUT2D eigenvalue weighted by Crippen LogP contribution is -2.19. The highest BCUT2D eigenvalue weighted by atomic mass is 15.2. The maximum atomic E-state index is 5.79. The number of aromatic nitrogens is 3. The van der Waals surface area contributed by atoms with Crippen LogP contribution in [0.5, 0.6) is 0 Å². The summed E-state index contributed by atoms with van der Waals surface area (Å²) < 4.78 is 0. The van der Waals surface area contributed by atoms with Crippen LogP contribution in [0.4, 0.5) is 0 Å². The number of nitrogens with zero attached hydrogens (tertiary/aromatic N) is 2. The first-order valence-corrected chi connectivity index (χ1v) is 6.30. The Morgan fingerprint density at radius 3 is 2.75 bits per heavy atom. The maximum absolute atomic E-state index is 5.79. The van der Waals surface area contributed by atoms with E-state index < -0.39 is 0 Å². The summed E-state index contributed by atoms with van der Waals surface area (Å²) >= 11 is 0. The second-order valence-electron chi connectivity index (χ2n) is 5.35. The molecule has 0 aromatic carbocycles. The first-order valence-electron chi connectivity index (χ1n) is 6.30. The topological polar surface area (TPSA) is 67.6 Å². The van der Waals surface area contributed by atoms with Crippen molar-refractivity contribution in [1.29, 1.82) is 0 Å². The molecular weight excluding hydrogens is 200 g/mol. The Balaban J connectivity index is 1.90. The van der Waals surface area contributed by atoms with Crippen molar-refractivity contribution in [3.63, 3.8) is 0 Å². The smallest absolute Gasteiger partial charge is 0.153 e. The fourth-order valence-electron chi connectivity index (χ4n) is 2.13. The highest BCUT2D eigenvalue weighted by Gasteiger charge is 2.27. The molecule has 1 fully saturated rings. The Morgan fingerprint density at radius 1 is 1.44 bits per heavy atom. The highest BCUT2D eigenvalue weighted by Crippen LogP contribution is 2.37. The van der Waals surface area contributed by atoms with Crippen LogP contribution in [0.25, 0.3) is 0 Å². The van der Waals surface area contributed by atoms with Gasteiger partial charge in [-0.2, -0.15) is 5.10 Å². The van der Waals surface area contributed by atoms with Crippen molar-refractivity contribution in [2.75, 3.05) is 6.54 Å². The molecule has 1 aromatic heterocycles. The van der Waals surface area contributed by atoms with Crippen LogP contribution >= 0.6 is 0 Å². The minimum absolute atomic E-state index is 0.528. The Hall–Kier alpha value is -0.900. The molecule has 3 N–H and O–H groups in total. The van der Waals surface area contributed by atoms with Gasteiger partial charge in [0.25, 0.3) is 0 Å². The van der Waals surface area contributed by atoms with E-state index in [0.29, 0.717) is 17.8 Å². The number of H-pyrrole nitrogens is 1. The number of rotatable bonds is 6. The van der Waals surface area contributed by atoms with E-state index in [-0.39, 0.29) is 0 Å². The van der Waals surface area contributed by atoms with Gasteiger partial charge in [0.15, 0.2) is 5.82 Å². The van der Waals surface area contributed by atoms with E-state index in [2.05, 4.69) is 29.0 Å². The minimum Gasteiger partial charge on any atom is -0.330 e. The van der Waals surface area contributed by atoms with Crippen molar-refractivity contribution in [3.05, 3.63) is 11.6 Å². The number of hydrogen-bond donors (Lipinski definition) is 2. The summed E-state index contributed by atoms with van der Waals surface area (Å²) in [5, 5.41) is 7.32. The van der Waals surface area contributed by atoms with Crippen LogP contribution in [-0.2, 0) is 6.42 Å². The summed E-state index contributed by atoms with van der Waals surface area (Å²) in [6.07, 6.45) is 4.61. The molecule has 1 aliphatic carbocycles. The molecule has 90 valence electrons. The molecule has 1 aliphatic rings. The summed E-state index contributed by atoms with van der Waals surface area (Å²) in [6.45, 7) is 5.20. The summed E-state index contributed by atoms with van der Waals surface area (Å²) in [5.41, 5.74) is 5.79. The van der Waals surface area contributed by atoms with Crippen molar-refractivity contribution < 1.29 is 0 Å². The predicted molar refractivity (Wildman–Crippen MR) is 64.1 cm³/mol. The van der Waals surface area contributed by atoms with E-state index in [9.17, 15) is 0 Å². The van der Waals surface area contributed by atoms with Crippen molar-refractivity contribution in [2.45, 2.75) is 45.4 Å². The first-order chi connectivity index (χ1) is 7.69. The Morgan fingerprint density at radius 2 is 2.19 bits per heavy atom. The predicted octanol–water partition coefficient (Wildman–Crippen LogP) is 1.85. The number of nitrogens with one attached hydrogen (secondary N) is 1. The van der Waals surface area contributed by atoms with E-state index in [1.807, 2.05) is 0 Å². The van der Waals surface area contributed by atoms with Gasteiger partial charge in [0, 0.05) is 12.3 Å². The van der Waals surface area contributed by atoms with Crippen LogP contribution in [-0.4, -0.2) is 21.7 Å². The van der Waals surface area contributed by atoms with Crippen LogP contribution in [0.2, 0.25) is 0 Å². The molecule has 1 atom stereocenters. The van der Waals surface area contributed by atoms with Crippen LogP contribution in [0, 0.1) is 11.8 Å². The zero-order valence-corrected chi connectivity index (χ0v) is 10.2. The fourth-order valence-corrected chi connectivity index (χ4v) is 2.13. The summed E-state index contributed by atoms with van der Waals surface area (Å²) in [7, 11) is 0. The zero-order chi connectivity index (χ0) is 11.5. The summed E-state index contributed by atoms with van der Waals surface area (Å²) in [4.78, 5) is 4.55. The normalized spacial score (nSPS) is 18.0. The average molecular weight is 222 g/mol. The zero-order valence-electron chi connectivity index (χ0n) is 10.2. The van der Waals surface area contributed by atoms with Crippen molar-refractivity contribution in [2.24, 2.45) is 17.6 Å². The van der Waals surface area contributed by atoms with Crippen LogP contribution in [0.3, 0.4) is 0 Å². The standard InChI is InChI=1S/C12H22N4/c1-8(2)5-9(7-13)6-11-14-12(16-15-11)10-3-4-10/h8-10H,3-7,13H2,1-2H3,(H,14,15,16)/t9-/m0/s1. The minimum atomic E-state index is 0.528. The van der Waals surface area contributed by atoms with Gasteiger partial charge in [-0.15, -0.1) is 0 Å². The van der Waals surface area contributed by atoms with Gasteiger partial charge in [0.2, 0.25) is 0 Å². The van der Waals surface area contributed by atoms with Gasteiger partial charge in [-0.3, -0.25) is 5.10 Å². The quantitative estimate of drug-likeness (QED) is 0.771. The lowest BCUT2D eigenvalue weighted by atomic mass is 9.94. The summed E-state index contributed by atoms with van der Waals surface area (Å²) in [6, 6.07) is 0. The number of nitrogens with two attached hydrogens (primary N) is 1. The van der Waals surface area contributed by atoms with Gasteiger partial charge in [-0.25, -0.2) is 4.98 Å². The SMILES string of the molecule is CC(C)C[C@H](CN)Cc1nc(C2CC2)n[nH]1. The second-order valence-corrected chi connectivity index (χ2v) is 5.35. The van der Waals surface area contributed by atoms with Crippen LogP contribution < -0.4 is 5.73 Å². The first kappa shape index (κ1) is 11.6. The Kier molecular flexibility index (Phi) is 3.59. The average Bonchev–Trinajstić information content (AvgIpc) is 2.98. The van der Waals surface area contributed by atoms with E-state index >= 15 is 0 Å². The number of aromatic amines is 1. The van der Waals surface area contributed by atoms with Gasteiger partial charge in [0.1, 0.15) is 5.82 Å². The van der Waals surface area contributed by atoms with E-state index in [4.69, 9.17) is 5.73 Å². The van der Waals surface area contributed by atoms with Gasteiger partial charge in [0.05, 0.1) is 0 Å². The van der Waals surface area contributed by atoms with Crippen LogP contribution in [0.15, 0.2) is 0 Å². The lowest BCUT2D eigenvalue weighted by molar-refractivity contribution is 0.409. The third-order valence-corrected chi connectivity index (χ3v) is 3.11. The fraction of sp³-hybridized carbons (Fsp3) is 0.833. The van der Waals surface area contributed by atoms with E-state index in [1.54, 1.807) is 0 Å². The Labute approximate surface area is 97.0 Å². The second kappa shape index (κ2) is 4.95. The van der Waals surface area contributed by atoms with Gasteiger partial charge < -0.3 is 5.73 Å². The van der Waals surface area contributed by atoms with Crippen molar-refractivity contribution >= 4 is 0 Å². The third-order valence-electron chi connectivity index (χ3n) is 3.11. The van der Waals surface area contributed by atoms with Gasteiger partial charge in [-0.1, -0.05) is 13.8 Å². The molecule has 2 rings (SSSR count).